The van der Waals surface area contributed by atoms with Crippen LogP contribution in [0.3, 0.4) is 0 Å². The molecule has 0 aromatic carbocycles. The molecule has 0 radical (unpaired) electrons. The van der Waals surface area contributed by atoms with Crippen LogP contribution in [0.1, 0.15) is 13.3 Å². The van der Waals surface area contributed by atoms with Crippen molar-refractivity contribution in [2.75, 3.05) is 12.3 Å². The zero-order valence-corrected chi connectivity index (χ0v) is 12.3. The van der Waals surface area contributed by atoms with E-state index in [-0.39, 0.29) is 30.5 Å². The van der Waals surface area contributed by atoms with Gasteiger partial charge in [0.2, 0.25) is 5.91 Å². The van der Waals surface area contributed by atoms with E-state index >= 15 is 0 Å². The number of fused-ring (bicyclic) bond motifs is 1. The number of amides is 1. The summed E-state index contributed by atoms with van der Waals surface area (Å²) in [6, 6.07) is 1.61. The number of nitrogens with two attached hydrogens (primary N) is 1. The third kappa shape index (κ3) is 2.41. The standard InChI is InChI=1S/C13H17N3O4S/c1-6(17)8-9-7(5-15)11(21-4-2-3-14)10(13(19)20)16(9)12(8)18/h6-9,17H,2,4-5,15H2,1H3,(H,19,20)/t6-,7-,8-,9+/m0/s1. The van der Waals surface area contributed by atoms with Gasteiger partial charge in [-0.1, -0.05) is 0 Å². The molecule has 21 heavy (non-hydrogen) atoms. The maximum atomic E-state index is 12.1. The number of rotatable bonds is 6. The summed E-state index contributed by atoms with van der Waals surface area (Å²) in [6.07, 6.45) is -0.553. The molecule has 0 aromatic heterocycles. The molecule has 2 aliphatic rings. The van der Waals surface area contributed by atoms with Crippen LogP contribution in [-0.4, -0.2) is 51.4 Å². The van der Waals surface area contributed by atoms with Crippen molar-refractivity contribution < 1.29 is 19.8 Å². The molecule has 0 saturated carbocycles. The molecule has 2 heterocycles. The molecule has 7 nitrogen and oxygen atoms in total. The first-order valence-electron chi connectivity index (χ1n) is 6.64. The molecular weight excluding hydrogens is 294 g/mol. The SMILES string of the molecule is C[C@H](O)[C@@H]1C(=O)N2C(C(=O)O)=C(SCCC#N)[C@@H](CN)[C@H]12. The van der Waals surface area contributed by atoms with Gasteiger partial charge in [0.15, 0.2) is 0 Å². The van der Waals surface area contributed by atoms with Gasteiger partial charge in [-0.15, -0.1) is 11.8 Å². The van der Waals surface area contributed by atoms with E-state index in [0.29, 0.717) is 10.7 Å². The molecule has 0 aliphatic carbocycles. The second-order valence-electron chi connectivity index (χ2n) is 5.08. The molecule has 114 valence electrons. The molecule has 4 N–H and O–H groups in total. The van der Waals surface area contributed by atoms with Gasteiger partial charge in [0, 0.05) is 29.5 Å². The van der Waals surface area contributed by atoms with Crippen molar-refractivity contribution in [3.8, 4) is 6.07 Å². The van der Waals surface area contributed by atoms with E-state index < -0.39 is 24.0 Å². The summed E-state index contributed by atoms with van der Waals surface area (Å²) < 4.78 is 0. The predicted molar refractivity (Wildman–Crippen MR) is 75.7 cm³/mol. The maximum absolute atomic E-state index is 12.1. The minimum atomic E-state index is -1.17. The third-order valence-corrected chi connectivity index (χ3v) is 5.07. The molecule has 2 aliphatic heterocycles. The van der Waals surface area contributed by atoms with Gasteiger partial charge in [-0.05, 0) is 6.92 Å². The number of carbonyl (C=O) groups excluding carboxylic acids is 1. The topological polar surface area (TPSA) is 128 Å². The number of thioether (sulfide) groups is 1. The van der Waals surface area contributed by atoms with Crippen LogP contribution in [0.25, 0.3) is 0 Å². The smallest absolute Gasteiger partial charge is 0.353 e. The van der Waals surface area contributed by atoms with Crippen molar-refractivity contribution >= 4 is 23.6 Å². The third-order valence-electron chi connectivity index (χ3n) is 3.86. The van der Waals surface area contributed by atoms with Crippen LogP contribution in [0.2, 0.25) is 0 Å². The van der Waals surface area contributed by atoms with Gasteiger partial charge in [0.25, 0.3) is 0 Å². The van der Waals surface area contributed by atoms with Crippen LogP contribution < -0.4 is 5.73 Å². The summed E-state index contributed by atoms with van der Waals surface area (Å²) in [4.78, 5) is 25.4. The van der Waals surface area contributed by atoms with Gasteiger partial charge in [-0.25, -0.2) is 4.79 Å². The maximum Gasteiger partial charge on any atom is 0.353 e. The average molecular weight is 311 g/mol. The van der Waals surface area contributed by atoms with Gasteiger partial charge in [-0.2, -0.15) is 5.26 Å². The van der Waals surface area contributed by atoms with Gasteiger partial charge < -0.3 is 20.8 Å². The summed E-state index contributed by atoms with van der Waals surface area (Å²) in [7, 11) is 0. The van der Waals surface area contributed by atoms with Crippen LogP contribution in [0.15, 0.2) is 10.6 Å². The van der Waals surface area contributed by atoms with Crippen molar-refractivity contribution in [3.05, 3.63) is 10.6 Å². The number of aliphatic carboxylic acids is 1. The fraction of sp³-hybridized carbons (Fsp3) is 0.615. The van der Waals surface area contributed by atoms with Crippen molar-refractivity contribution in [1.82, 2.24) is 4.90 Å². The zero-order valence-electron chi connectivity index (χ0n) is 11.5. The number of nitrogens with zero attached hydrogens (tertiary/aromatic N) is 2. The lowest BCUT2D eigenvalue weighted by Gasteiger charge is -2.46. The highest BCUT2D eigenvalue weighted by molar-refractivity contribution is 8.03. The lowest BCUT2D eigenvalue weighted by Crippen LogP contribution is -2.64. The van der Waals surface area contributed by atoms with E-state index in [0.717, 1.165) is 0 Å². The molecule has 4 atom stereocenters. The first-order chi connectivity index (χ1) is 9.95. The second kappa shape index (κ2) is 6.05. The quantitative estimate of drug-likeness (QED) is 0.455. The second-order valence-corrected chi connectivity index (χ2v) is 6.22. The molecule has 2 rings (SSSR count). The Hall–Kier alpha value is -1.56. The van der Waals surface area contributed by atoms with Crippen LogP contribution >= 0.6 is 11.8 Å². The van der Waals surface area contributed by atoms with Crippen molar-refractivity contribution in [1.29, 1.82) is 5.26 Å². The summed E-state index contributed by atoms with van der Waals surface area (Å²) >= 11 is 1.26. The van der Waals surface area contributed by atoms with Crippen molar-refractivity contribution in [2.24, 2.45) is 17.6 Å². The number of β-lactam (4-membered cyclic amide) rings is 1. The van der Waals surface area contributed by atoms with Crippen LogP contribution in [0.4, 0.5) is 0 Å². The summed E-state index contributed by atoms with van der Waals surface area (Å²) in [6.45, 7) is 1.72. The van der Waals surface area contributed by atoms with Gasteiger partial charge >= 0.3 is 5.97 Å². The highest BCUT2D eigenvalue weighted by atomic mass is 32.2. The van der Waals surface area contributed by atoms with E-state index in [9.17, 15) is 19.8 Å². The number of nitriles is 1. The first kappa shape index (κ1) is 15.8. The van der Waals surface area contributed by atoms with Crippen molar-refractivity contribution in [3.63, 3.8) is 0 Å². The molecule has 0 bridgehead atoms. The zero-order chi connectivity index (χ0) is 15.7. The Kier molecular flexibility index (Phi) is 4.56. The highest BCUT2D eigenvalue weighted by Gasteiger charge is 2.60. The van der Waals surface area contributed by atoms with E-state index in [2.05, 4.69) is 0 Å². The molecular formula is C13H17N3O4S. The minimum Gasteiger partial charge on any atom is -0.477 e. The van der Waals surface area contributed by atoms with E-state index in [1.807, 2.05) is 6.07 Å². The first-order valence-corrected chi connectivity index (χ1v) is 7.62. The van der Waals surface area contributed by atoms with E-state index in [1.54, 1.807) is 0 Å². The number of hydrogen-bond donors (Lipinski definition) is 3. The van der Waals surface area contributed by atoms with E-state index in [4.69, 9.17) is 11.0 Å². The lowest BCUT2D eigenvalue weighted by molar-refractivity contribution is -0.163. The van der Waals surface area contributed by atoms with Crippen LogP contribution in [0.5, 0.6) is 0 Å². The van der Waals surface area contributed by atoms with Gasteiger partial charge in [-0.3, -0.25) is 4.79 Å². The Labute approximate surface area is 126 Å². The average Bonchev–Trinajstić information content (AvgIpc) is 2.69. The Morgan fingerprint density at radius 2 is 2.29 bits per heavy atom. The van der Waals surface area contributed by atoms with Gasteiger partial charge in [0.1, 0.15) is 5.70 Å². The van der Waals surface area contributed by atoms with Crippen LogP contribution in [0, 0.1) is 23.2 Å². The summed E-state index contributed by atoms with van der Waals surface area (Å²) in [5.41, 5.74) is 5.72. The summed E-state index contributed by atoms with van der Waals surface area (Å²) in [5.74, 6) is -2.00. The Morgan fingerprint density at radius 3 is 2.76 bits per heavy atom. The molecule has 8 heteroatoms. The molecule has 0 unspecified atom stereocenters. The van der Waals surface area contributed by atoms with E-state index in [1.165, 1.54) is 23.6 Å². The number of carbonyl (C=O) groups is 2. The molecule has 1 saturated heterocycles. The molecule has 0 spiro atoms. The lowest BCUT2D eigenvalue weighted by atomic mass is 9.78. The molecule has 1 fully saturated rings. The fourth-order valence-electron chi connectivity index (χ4n) is 3.00. The Balaban J connectivity index is 2.33. The highest BCUT2D eigenvalue weighted by Crippen LogP contribution is 2.50. The summed E-state index contributed by atoms with van der Waals surface area (Å²) in [5, 5.41) is 27.7. The van der Waals surface area contributed by atoms with Gasteiger partial charge in [0.05, 0.1) is 24.1 Å². The number of carboxylic acid groups (broad SMARTS) is 1. The Morgan fingerprint density at radius 1 is 1.62 bits per heavy atom. The monoisotopic (exact) mass is 311 g/mol. The fourth-order valence-corrected chi connectivity index (χ4v) is 4.18. The number of aliphatic hydroxyl groups excluding tert-OH is 1. The van der Waals surface area contributed by atoms with Crippen LogP contribution in [-0.2, 0) is 9.59 Å². The predicted octanol–water partition coefficient (Wildman–Crippen LogP) is -0.274. The minimum absolute atomic E-state index is 0.0414. The molecule has 0 aromatic rings. The Bertz CT molecular complexity index is 540. The largest absolute Gasteiger partial charge is 0.477 e. The molecule has 1 amide bonds. The normalized spacial score (nSPS) is 29.0. The van der Waals surface area contributed by atoms with Crippen molar-refractivity contribution in [2.45, 2.75) is 25.5 Å². The number of carboxylic acids is 1. The number of aliphatic hydroxyl groups is 1. The number of hydrogen-bond acceptors (Lipinski definition) is 6.